The molecule has 1 aromatic rings. The van der Waals surface area contributed by atoms with Gasteiger partial charge in [0, 0.05) is 31.2 Å². The van der Waals surface area contributed by atoms with Gasteiger partial charge in [-0.3, -0.25) is 14.5 Å². The molecule has 1 fully saturated rings. The Kier molecular flexibility index (Phi) is 8.10. The van der Waals surface area contributed by atoms with E-state index in [9.17, 15) is 18.0 Å². The Labute approximate surface area is 157 Å². The van der Waals surface area contributed by atoms with Crippen molar-refractivity contribution in [1.29, 1.82) is 0 Å². The highest BCUT2D eigenvalue weighted by atomic mass is 35.5. The number of hydrogen-bond donors (Lipinski definition) is 2. The molecule has 0 saturated carbocycles. The van der Waals surface area contributed by atoms with Crippen LogP contribution in [-0.4, -0.2) is 73.9 Å². The van der Waals surface area contributed by atoms with Crippen molar-refractivity contribution < 1.29 is 23.1 Å². The van der Waals surface area contributed by atoms with Crippen LogP contribution < -0.4 is 5.32 Å². The summed E-state index contributed by atoms with van der Waals surface area (Å²) in [5.74, 6) is -1.51. The molecule has 25 heavy (non-hydrogen) atoms. The molecule has 1 aliphatic heterocycles. The summed E-state index contributed by atoms with van der Waals surface area (Å²) in [4.78, 5) is 23.9. The topological polar surface area (TPSA) is 107 Å². The molecule has 0 aliphatic carbocycles. The zero-order chi connectivity index (χ0) is 17.7. The van der Waals surface area contributed by atoms with Gasteiger partial charge in [-0.05, 0) is 24.3 Å². The van der Waals surface area contributed by atoms with Gasteiger partial charge in [-0.1, -0.05) is 11.6 Å². The van der Waals surface area contributed by atoms with E-state index in [1.165, 1.54) is 28.6 Å². The number of sulfonamides is 1. The van der Waals surface area contributed by atoms with Gasteiger partial charge in [-0.15, -0.1) is 12.4 Å². The number of carboxylic acid groups (broad SMARTS) is 1. The number of nitrogens with zero attached hydrogens (tertiary/aromatic N) is 2. The van der Waals surface area contributed by atoms with Crippen molar-refractivity contribution in [1.82, 2.24) is 14.5 Å². The molecule has 140 valence electrons. The number of amides is 1. The number of halogens is 2. The van der Waals surface area contributed by atoms with E-state index in [-0.39, 0.29) is 36.9 Å². The molecule has 0 spiro atoms. The molecular formula is C14H19Cl2N3O5S. The van der Waals surface area contributed by atoms with E-state index in [0.29, 0.717) is 18.1 Å². The fourth-order valence-electron chi connectivity index (χ4n) is 2.32. The lowest BCUT2D eigenvalue weighted by atomic mass is 10.3. The first-order chi connectivity index (χ1) is 11.3. The molecule has 0 bridgehead atoms. The van der Waals surface area contributed by atoms with Crippen molar-refractivity contribution in [3.63, 3.8) is 0 Å². The smallest absolute Gasteiger partial charge is 0.322 e. The van der Waals surface area contributed by atoms with Gasteiger partial charge in [0.05, 0.1) is 11.4 Å². The molecule has 0 atom stereocenters. The summed E-state index contributed by atoms with van der Waals surface area (Å²) in [5.41, 5.74) is 0. The van der Waals surface area contributed by atoms with Gasteiger partial charge in [-0.25, -0.2) is 8.42 Å². The largest absolute Gasteiger partial charge is 0.480 e. The van der Waals surface area contributed by atoms with E-state index >= 15 is 0 Å². The van der Waals surface area contributed by atoms with E-state index in [1.54, 1.807) is 4.90 Å². The Bertz CT molecular complexity index is 704. The highest BCUT2D eigenvalue weighted by molar-refractivity contribution is 7.89. The molecule has 2 N–H and O–H groups in total. The summed E-state index contributed by atoms with van der Waals surface area (Å²) in [6.07, 6.45) is 0. The number of carbonyl (C=O) groups excluding carboxylic acids is 1. The lowest BCUT2D eigenvalue weighted by Gasteiger charge is -2.33. The van der Waals surface area contributed by atoms with Gasteiger partial charge in [0.2, 0.25) is 15.9 Å². The minimum atomic E-state index is -3.58. The van der Waals surface area contributed by atoms with Gasteiger partial charge in [0.1, 0.15) is 6.54 Å². The summed E-state index contributed by atoms with van der Waals surface area (Å²) in [6.45, 7) is 0.931. The predicted molar refractivity (Wildman–Crippen MR) is 94.5 cm³/mol. The molecule has 11 heteroatoms. The van der Waals surface area contributed by atoms with Gasteiger partial charge in [-0.2, -0.15) is 4.31 Å². The second-order valence-corrected chi connectivity index (χ2v) is 7.68. The lowest BCUT2D eigenvalue weighted by Crippen LogP contribution is -2.51. The zero-order valence-electron chi connectivity index (χ0n) is 13.2. The number of carbonyl (C=O) groups is 2. The molecule has 0 aromatic heterocycles. The molecule has 0 radical (unpaired) electrons. The van der Waals surface area contributed by atoms with E-state index in [1.807, 2.05) is 0 Å². The average molecular weight is 412 g/mol. The third kappa shape index (κ3) is 6.12. The number of nitrogens with one attached hydrogen (secondary N) is 1. The molecule has 0 unspecified atom stereocenters. The van der Waals surface area contributed by atoms with Crippen LogP contribution in [0.5, 0.6) is 0 Å². The maximum absolute atomic E-state index is 12.5. The van der Waals surface area contributed by atoms with Crippen LogP contribution in [0.1, 0.15) is 0 Å². The van der Waals surface area contributed by atoms with E-state index < -0.39 is 28.4 Å². The van der Waals surface area contributed by atoms with Crippen LogP contribution in [0.15, 0.2) is 29.2 Å². The molecule has 1 amide bonds. The Morgan fingerprint density at radius 3 is 2.20 bits per heavy atom. The normalized spacial score (nSPS) is 16.0. The highest BCUT2D eigenvalue weighted by Crippen LogP contribution is 2.19. The first kappa shape index (κ1) is 21.7. The molecule has 2 rings (SSSR count). The third-order valence-electron chi connectivity index (χ3n) is 3.59. The van der Waals surface area contributed by atoms with Crippen LogP contribution in [0.25, 0.3) is 0 Å². The molecule has 8 nitrogen and oxygen atoms in total. The van der Waals surface area contributed by atoms with Crippen molar-refractivity contribution in [3.8, 4) is 0 Å². The number of benzene rings is 1. The van der Waals surface area contributed by atoms with Crippen molar-refractivity contribution in [3.05, 3.63) is 29.3 Å². The van der Waals surface area contributed by atoms with Crippen LogP contribution in [0.3, 0.4) is 0 Å². The minimum absolute atomic E-state index is 0. The van der Waals surface area contributed by atoms with Crippen molar-refractivity contribution in [2.75, 3.05) is 39.3 Å². The molecule has 1 heterocycles. The molecule has 1 aliphatic rings. The third-order valence-corrected chi connectivity index (χ3v) is 5.75. The van der Waals surface area contributed by atoms with Gasteiger partial charge >= 0.3 is 5.97 Å². The molecule has 1 aromatic carbocycles. The number of hydrogen-bond acceptors (Lipinski definition) is 5. The summed E-state index contributed by atoms with van der Waals surface area (Å²) >= 11 is 5.77. The van der Waals surface area contributed by atoms with Crippen LogP contribution >= 0.6 is 24.0 Å². The maximum Gasteiger partial charge on any atom is 0.322 e. The maximum atomic E-state index is 12.5. The first-order valence-corrected chi connectivity index (χ1v) is 9.07. The monoisotopic (exact) mass is 411 g/mol. The molecule has 1 saturated heterocycles. The standard InChI is InChI=1S/C14H18ClN3O5S.ClH/c15-11-1-3-12(4-2-11)24(22,23)18-7-5-17(6-8-18)10-13(19)16-9-14(20)21;/h1-4H,5-10H2,(H,16,19)(H,20,21);1H. The van der Waals surface area contributed by atoms with Crippen molar-refractivity contribution >= 4 is 45.9 Å². The van der Waals surface area contributed by atoms with E-state index in [4.69, 9.17) is 16.7 Å². The van der Waals surface area contributed by atoms with Crippen LogP contribution in [0.2, 0.25) is 5.02 Å². The number of rotatable bonds is 6. The van der Waals surface area contributed by atoms with E-state index in [0.717, 1.165) is 0 Å². The van der Waals surface area contributed by atoms with Gasteiger partial charge < -0.3 is 10.4 Å². The van der Waals surface area contributed by atoms with Crippen LogP contribution in [0.4, 0.5) is 0 Å². The minimum Gasteiger partial charge on any atom is -0.480 e. The van der Waals surface area contributed by atoms with Crippen molar-refractivity contribution in [2.45, 2.75) is 4.90 Å². The Morgan fingerprint density at radius 2 is 1.68 bits per heavy atom. The van der Waals surface area contributed by atoms with Gasteiger partial charge in [0.25, 0.3) is 0 Å². The Balaban J connectivity index is 0.00000312. The van der Waals surface area contributed by atoms with Gasteiger partial charge in [0.15, 0.2) is 0 Å². The Hall–Kier alpha value is -1.39. The number of aliphatic carboxylic acids is 1. The summed E-state index contributed by atoms with van der Waals surface area (Å²) in [5, 5.41) is 11.2. The van der Waals surface area contributed by atoms with Crippen LogP contribution in [0, 0.1) is 0 Å². The average Bonchev–Trinajstić information content (AvgIpc) is 2.54. The van der Waals surface area contributed by atoms with Crippen molar-refractivity contribution in [2.24, 2.45) is 0 Å². The predicted octanol–water partition coefficient (Wildman–Crippen LogP) is 0.269. The molecular weight excluding hydrogens is 393 g/mol. The fourth-order valence-corrected chi connectivity index (χ4v) is 3.86. The SMILES string of the molecule is Cl.O=C(O)CNC(=O)CN1CCN(S(=O)(=O)c2ccc(Cl)cc2)CC1. The quantitative estimate of drug-likeness (QED) is 0.695. The first-order valence-electron chi connectivity index (χ1n) is 7.25. The lowest BCUT2D eigenvalue weighted by molar-refractivity contribution is -0.138. The number of carboxylic acids is 1. The second-order valence-electron chi connectivity index (χ2n) is 5.30. The fraction of sp³-hybridized carbons (Fsp3) is 0.429. The summed E-state index contributed by atoms with van der Waals surface area (Å²) in [7, 11) is -3.58. The van der Waals surface area contributed by atoms with Crippen LogP contribution in [-0.2, 0) is 19.6 Å². The Morgan fingerprint density at radius 1 is 1.12 bits per heavy atom. The number of piperazine rings is 1. The van der Waals surface area contributed by atoms with E-state index in [2.05, 4.69) is 5.32 Å². The second kappa shape index (κ2) is 9.35. The summed E-state index contributed by atoms with van der Waals surface area (Å²) in [6, 6.07) is 5.97. The highest BCUT2D eigenvalue weighted by Gasteiger charge is 2.28. The zero-order valence-corrected chi connectivity index (χ0v) is 15.6. The summed E-state index contributed by atoms with van der Waals surface area (Å²) < 4.78 is 26.4.